The van der Waals surface area contributed by atoms with Crippen molar-refractivity contribution < 1.29 is 14.2 Å². The zero-order chi connectivity index (χ0) is 13.9. The summed E-state index contributed by atoms with van der Waals surface area (Å²) in [6.45, 7) is 5.33. The fourth-order valence-electron chi connectivity index (χ4n) is 2.72. The summed E-state index contributed by atoms with van der Waals surface area (Å²) in [6.07, 6.45) is 2.22. The summed E-state index contributed by atoms with van der Waals surface area (Å²) in [5.74, 6) is 2.81. The molecule has 0 amide bonds. The van der Waals surface area contributed by atoms with Crippen LogP contribution >= 0.6 is 15.9 Å². The van der Waals surface area contributed by atoms with Gasteiger partial charge in [0.25, 0.3) is 0 Å². The minimum absolute atomic E-state index is 0.362. The molecule has 1 aromatic rings. The molecule has 2 heterocycles. The van der Waals surface area contributed by atoms with E-state index < -0.39 is 0 Å². The first-order chi connectivity index (χ1) is 9.74. The van der Waals surface area contributed by atoms with Gasteiger partial charge < -0.3 is 14.2 Å². The van der Waals surface area contributed by atoms with E-state index in [2.05, 4.69) is 35.0 Å². The fourth-order valence-corrected chi connectivity index (χ4v) is 3.53. The molecule has 0 aromatic heterocycles. The molecule has 110 valence electrons. The van der Waals surface area contributed by atoms with Crippen LogP contribution in [-0.4, -0.2) is 26.4 Å². The molecule has 4 heteroatoms. The summed E-state index contributed by atoms with van der Waals surface area (Å²) in [6, 6.07) is 6.31. The Balaban J connectivity index is 1.77. The van der Waals surface area contributed by atoms with Gasteiger partial charge in [-0.3, -0.25) is 0 Å². The van der Waals surface area contributed by atoms with Gasteiger partial charge in [-0.15, -0.1) is 0 Å². The van der Waals surface area contributed by atoms with Gasteiger partial charge in [-0.05, 0) is 36.5 Å². The number of hydrogen-bond acceptors (Lipinski definition) is 3. The predicted molar refractivity (Wildman–Crippen MR) is 81.8 cm³/mol. The van der Waals surface area contributed by atoms with Crippen molar-refractivity contribution in [1.29, 1.82) is 0 Å². The first kappa shape index (κ1) is 14.2. The molecule has 1 aromatic carbocycles. The second kappa shape index (κ2) is 6.35. The summed E-state index contributed by atoms with van der Waals surface area (Å²) in [5.41, 5.74) is 1.27. The lowest BCUT2D eigenvalue weighted by Crippen LogP contribution is -2.19. The molecule has 1 fully saturated rings. The maximum absolute atomic E-state index is 5.87. The second-order valence-corrected chi connectivity index (χ2v) is 6.77. The third-order valence-corrected chi connectivity index (χ3v) is 5.29. The number of ether oxygens (including phenoxy) is 3. The smallest absolute Gasteiger partial charge is 0.161 e. The molecule has 0 bridgehead atoms. The van der Waals surface area contributed by atoms with Crippen molar-refractivity contribution in [3.05, 3.63) is 23.8 Å². The Morgan fingerprint density at radius 1 is 1.10 bits per heavy atom. The molecule has 1 saturated heterocycles. The van der Waals surface area contributed by atoms with Crippen molar-refractivity contribution in [2.75, 3.05) is 26.4 Å². The van der Waals surface area contributed by atoms with Crippen molar-refractivity contribution in [2.45, 2.75) is 24.6 Å². The number of alkyl halides is 1. The van der Waals surface area contributed by atoms with Gasteiger partial charge in [0, 0.05) is 24.0 Å². The Morgan fingerprint density at radius 2 is 1.80 bits per heavy atom. The average Bonchev–Trinajstić information content (AvgIpc) is 2.69. The minimum atomic E-state index is 0.362. The van der Waals surface area contributed by atoms with Crippen LogP contribution < -0.4 is 9.47 Å². The van der Waals surface area contributed by atoms with E-state index in [0.717, 1.165) is 50.8 Å². The van der Waals surface area contributed by atoms with Crippen molar-refractivity contribution >= 4 is 15.9 Å². The minimum Gasteiger partial charge on any atom is -0.489 e. The number of hydrogen-bond donors (Lipinski definition) is 0. The van der Waals surface area contributed by atoms with Gasteiger partial charge in [0.2, 0.25) is 0 Å². The van der Waals surface area contributed by atoms with E-state index in [1.54, 1.807) is 0 Å². The Kier molecular flexibility index (Phi) is 4.51. The van der Waals surface area contributed by atoms with Gasteiger partial charge >= 0.3 is 0 Å². The summed E-state index contributed by atoms with van der Waals surface area (Å²) >= 11 is 3.85. The van der Waals surface area contributed by atoms with Crippen LogP contribution in [0.1, 0.15) is 30.2 Å². The molecule has 0 spiro atoms. The molecule has 20 heavy (non-hydrogen) atoms. The number of fused-ring (bicyclic) bond motifs is 1. The highest BCUT2D eigenvalue weighted by Gasteiger charge is 2.25. The Hall–Kier alpha value is -0.740. The first-order valence-corrected chi connectivity index (χ1v) is 8.27. The van der Waals surface area contributed by atoms with Gasteiger partial charge in [-0.2, -0.15) is 0 Å². The van der Waals surface area contributed by atoms with Crippen molar-refractivity contribution in [1.82, 2.24) is 0 Å². The van der Waals surface area contributed by atoms with Gasteiger partial charge in [0.05, 0.1) is 13.2 Å². The van der Waals surface area contributed by atoms with Crippen molar-refractivity contribution in [3.63, 3.8) is 0 Å². The molecule has 3 rings (SSSR count). The lowest BCUT2D eigenvalue weighted by atomic mass is 9.92. The van der Waals surface area contributed by atoms with E-state index in [1.807, 2.05) is 6.07 Å². The molecule has 0 aliphatic carbocycles. The third-order valence-electron chi connectivity index (χ3n) is 4.01. The molecule has 0 radical (unpaired) electrons. The molecular formula is C16H21BrO3. The van der Waals surface area contributed by atoms with Crippen LogP contribution in [0.15, 0.2) is 18.2 Å². The molecule has 0 N–H and O–H groups in total. The normalized spacial score (nSPS) is 25.0. The standard InChI is InChI=1S/C16H21BrO3/c1-11-9-19-14-3-2-13(8-15(14)20-10-11)16(17)12-4-6-18-7-5-12/h2-3,8,11-12,16H,4-7,9-10H2,1H3. The van der Waals surface area contributed by atoms with Gasteiger partial charge in [-0.25, -0.2) is 0 Å². The van der Waals surface area contributed by atoms with Crippen LogP contribution in [0.25, 0.3) is 0 Å². The van der Waals surface area contributed by atoms with E-state index in [-0.39, 0.29) is 0 Å². The lowest BCUT2D eigenvalue weighted by molar-refractivity contribution is 0.0662. The monoisotopic (exact) mass is 340 g/mol. The highest BCUT2D eigenvalue weighted by atomic mass is 79.9. The first-order valence-electron chi connectivity index (χ1n) is 7.35. The van der Waals surface area contributed by atoms with E-state index in [4.69, 9.17) is 14.2 Å². The zero-order valence-corrected chi connectivity index (χ0v) is 13.4. The molecule has 2 aliphatic rings. The van der Waals surface area contributed by atoms with Gasteiger partial charge in [-0.1, -0.05) is 28.9 Å². The molecule has 2 aliphatic heterocycles. The van der Waals surface area contributed by atoms with E-state index in [1.165, 1.54) is 5.56 Å². The Morgan fingerprint density at radius 3 is 2.55 bits per heavy atom. The number of halogens is 1. The molecule has 3 nitrogen and oxygen atoms in total. The fraction of sp³-hybridized carbons (Fsp3) is 0.625. The van der Waals surface area contributed by atoms with Crippen LogP contribution in [0, 0.1) is 11.8 Å². The van der Waals surface area contributed by atoms with Crippen LogP contribution in [0.5, 0.6) is 11.5 Å². The van der Waals surface area contributed by atoms with E-state index in [9.17, 15) is 0 Å². The van der Waals surface area contributed by atoms with Crippen molar-refractivity contribution in [3.8, 4) is 11.5 Å². The topological polar surface area (TPSA) is 27.7 Å². The van der Waals surface area contributed by atoms with Crippen LogP contribution in [0.2, 0.25) is 0 Å². The van der Waals surface area contributed by atoms with Crippen molar-refractivity contribution in [2.24, 2.45) is 11.8 Å². The lowest BCUT2D eigenvalue weighted by Gasteiger charge is -2.27. The SMILES string of the molecule is CC1COc2ccc(C(Br)C3CCOCC3)cc2OC1. The number of benzene rings is 1. The molecule has 2 unspecified atom stereocenters. The third kappa shape index (κ3) is 3.12. The molecule has 0 saturated carbocycles. The summed E-state index contributed by atoms with van der Waals surface area (Å²) in [4.78, 5) is 0.362. The highest BCUT2D eigenvalue weighted by Crippen LogP contribution is 2.40. The number of rotatable bonds is 2. The maximum Gasteiger partial charge on any atom is 0.161 e. The Labute approximate surface area is 128 Å². The quantitative estimate of drug-likeness (QED) is 0.762. The summed E-state index contributed by atoms with van der Waals surface area (Å²) in [5, 5.41) is 0. The molecule has 2 atom stereocenters. The average molecular weight is 341 g/mol. The summed E-state index contributed by atoms with van der Waals surface area (Å²) in [7, 11) is 0. The largest absolute Gasteiger partial charge is 0.489 e. The van der Waals surface area contributed by atoms with Crippen LogP contribution in [0.4, 0.5) is 0 Å². The maximum atomic E-state index is 5.87. The van der Waals surface area contributed by atoms with Crippen LogP contribution in [0.3, 0.4) is 0 Å². The zero-order valence-electron chi connectivity index (χ0n) is 11.8. The van der Waals surface area contributed by atoms with E-state index in [0.29, 0.717) is 16.7 Å². The highest BCUT2D eigenvalue weighted by molar-refractivity contribution is 9.09. The van der Waals surface area contributed by atoms with Gasteiger partial charge in [0.1, 0.15) is 0 Å². The molecular weight excluding hydrogens is 320 g/mol. The summed E-state index contributed by atoms with van der Waals surface area (Å²) < 4.78 is 17.1. The Bertz CT molecular complexity index is 457. The second-order valence-electron chi connectivity index (χ2n) is 5.78. The van der Waals surface area contributed by atoms with E-state index >= 15 is 0 Å². The predicted octanol–water partition coefficient (Wildman–Crippen LogP) is 3.96. The van der Waals surface area contributed by atoms with Crippen LogP contribution in [-0.2, 0) is 4.74 Å². The van der Waals surface area contributed by atoms with Gasteiger partial charge in [0.15, 0.2) is 11.5 Å².